The van der Waals surface area contributed by atoms with Crippen molar-refractivity contribution in [2.75, 3.05) is 18.5 Å². The molecule has 4 heterocycles. The molecule has 0 radical (unpaired) electrons. The maximum Gasteiger partial charge on any atom is 0.152 e. The van der Waals surface area contributed by atoms with Crippen molar-refractivity contribution < 1.29 is 4.42 Å². The van der Waals surface area contributed by atoms with Crippen molar-refractivity contribution in [1.29, 1.82) is 0 Å². The molecule has 0 saturated carbocycles. The first-order valence-corrected chi connectivity index (χ1v) is 26.9. The van der Waals surface area contributed by atoms with Gasteiger partial charge < -0.3 is 20.8 Å². The maximum absolute atomic E-state index is 6.20. The van der Waals surface area contributed by atoms with Gasteiger partial charge in [-0.05, 0) is 149 Å². The standard InChI is InChI=1S/C43H38N3.C15H14O.C10H15N.C2H6/c1-30-25-36(32-13-7-4-8-14-32)22-23-45(38-17-9-15-33(26-38)31-11-5-3-6-12-31)41-20-18-34(27-39(30)41)35-19-21-42-40(28-35)43-37(29-44)16-10-24-46(42,43)2;1-10(2)11-7-8-13-12-5-3-4-6-14(12)16-15(13)9-11;1-9(11)7-8-10-5-3-2-4-6-10;1-2/h3-17,19,21-28,43H,1,18,20,29,44H2,2H3;3-10H,1-2H3;2-6,9H,7-8,11H2,1H3;1-2H3/q+1;;;/b23-22-,36-25+;;;. The molecule has 0 spiro atoms. The zero-order chi connectivity index (χ0) is 52.5. The van der Waals surface area contributed by atoms with Crippen molar-refractivity contribution >= 4 is 44.5 Å². The van der Waals surface area contributed by atoms with Crippen molar-refractivity contribution in [1.82, 2.24) is 4.48 Å². The lowest BCUT2D eigenvalue weighted by molar-refractivity contribution is 0.308. The van der Waals surface area contributed by atoms with E-state index >= 15 is 0 Å². The third-order valence-corrected chi connectivity index (χ3v) is 14.8. The van der Waals surface area contributed by atoms with E-state index in [9.17, 15) is 0 Å². The van der Waals surface area contributed by atoms with Crippen molar-refractivity contribution in [3.8, 4) is 11.1 Å². The van der Waals surface area contributed by atoms with Gasteiger partial charge in [0.05, 0.1) is 12.6 Å². The summed E-state index contributed by atoms with van der Waals surface area (Å²) in [6, 6.07) is 62.9. The second kappa shape index (κ2) is 23.6. The Morgan fingerprint density at radius 3 is 2.08 bits per heavy atom. The summed E-state index contributed by atoms with van der Waals surface area (Å²) in [5, 5.41) is 2.41. The van der Waals surface area contributed by atoms with Crippen LogP contribution in [-0.4, -0.2) is 19.6 Å². The normalized spacial score (nSPS) is 18.8. The predicted molar refractivity (Wildman–Crippen MR) is 322 cm³/mol. The summed E-state index contributed by atoms with van der Waals surface area (Å²) in [5.41, 5.74) is 32.6. The number of anilines is 1. The van der Waals surface area contributed by atoms with Gasteiger partial charge in [0.1, 0.15) is 23.1 Å². The van der Waals surface area contributed by atoms with E-state index in [2.05, 4.69) is 227 Å². The molecule has 3 aliphatic heterocycles. The van der Waals surface area contributed by atoms with Crippen LogP contribution in [0.5, 0.6) is 0 Å². The number of hydrogen-bond donors (Lipinski definition) is 2. The van der Waals surface area contributed by atoms with Gasteiger partial charge >= 0.3 is 0 Å². The Morgan fingerprint density at radius 1 is 0.680 bits per heavy atom. The number of rotatable bonds is 9. The smallest absolute Gasteiger partial charge is 0.152 e. The van der Waals surface area contributed by atoms with Crippen LogP contribution < -0.4 is 20.9 Å². The number of furan rings is 1. The molecule has 75 heavy (non-hydrogen) atoms. The van der Waals surface area contributed by atoms with E-state index in [1.807, 2.05) is 45.0 Å². The predicted octanol–water partition coefficient (Wildman–Crippen LogP) is 17.6. The maximum atomic E-state index is 6.20. The first-order valence-electron chi connectivity index (χ1n) is 26.9. The van der Waals surface area contributed by atoms with Gasteiger partial charge in [-0.1, -0.05) is 174 Å². The highest BCUT2D eigenvalue weighted by Gasteiger charge is 2.51. The lowest BCUT2D eigenvalue weighted by Crippen LogP contribution is -2.54. The Balaban J connectivity index is 0.000000192. The summed E-state index contributed by atoms with van der Waals surface area (Å²) < 4.78 is 6.65. The Bertz CT molecular complexity index is 3480. The molecule has 3 unspecified atom stereocenters. The van der Waals surface area contributed by atoms with Gasteiger partial charge in [-0.3, -0.25) is 4.48 Å². The highest BCUT2D eigenvalue weighted by molar-refractivity contribution is 6.05. The minimum absolute atomic E-state index is 0.300. The molecule has 4 N–H and O–H groups in total. The average molecular weight is 986 g/mol. The number of nitrogens with zero attached hydrogens (tertiary/aromatic N) is 2. The zero-order valence-corrected chi connectivity index (χ0v) is 44.7. The molecule has 0 bridgehead atoms. The van der Waals surface area contributed by atoms with Crippen molar-refractivity contribution in [3.63, 3.8) is 0 Å². The SMILES string of the molecule is C=C1/C=C(c2ccccc2)\C=C/N(c2cccc(-c3ccccc3)c2)C2=C1C=C(c1ccc3c(c1)C1C(CN)=CC=C[N+]31C)CC2.CC.CC(C)c1ccc2c(c1)oc1ccccc12.CC(N)CCc1ccccc1. The van der Waals surface area contributed by atoms with Crippen LogP contribution in [-0.2, 0) is 6.42 Å². The van der Waals surface area contributed by atoms with Crippen LogP contribution in [0.4, 0.5) is 11.4 Å². The third-order valence-electron chi connectivity index (χ3n) is 14.8. The van der Waals surface area contributed by atoms with Gasteiger partial charge in [0.2, 0.25) is 0 Å². The molecule has 1 aliphatic carbocycles. The minimum Gasteiger partial charge on any atom is -0.456 e. The number of fused-ring (bicyclic) bond motifs is 7. The van der Waals surface area contributed by atoms with E-state index in [4.69, 9.17) is 15.9 Å². The van der Waals surface area contributed by atoms with Gasteiger partial charge in [0.25, 0.3) is 0 Å². The summed E-state index contributed by atoms with van der Waals surface area (Å²) in [6.45, 7) is 15.7. The third kappa shape index (κ3) is 11.3. The van der Waals surface area contributed by atoms with Crippen LogP contribution in [0.1, 0.15) is 93.7 Å². The number of benzene rings is 7. The lowest BCUT2D eigenvalue weighted by atomic mass is 9.80. The second-order valence-electron chi connectivity index (χ2n) is 20.2. The molecular formula is C70H73N4O+. The molecule has 4 aliphatic rings. The van der Waals surface area contributed by atoms with Gasteiger partial charge in [0.15, 0.2) is 6.04 Å². The van der Waals surface area contributed by atoms with Crippen molar-refractivity contribution in [3.05, 3.63) is 276 Å². The van der Waals surface area contributed by atoms with E-state index < -0.39 is 0 Å². The summed E-state index contributed by atoms with van der Waals surface area (Å²) in [7, 11) is 2.28. The summed E-state index contributed by atoms with van der Waals surface area (Å²) in [4.78, 5) is 2.38. The Labute approximate surface area is 446 Å². The van der Waals surface area contributed by atoms with E-state index in [1.54, 1.807) is 0 Å². The molecule has 0 saturated heterocycles. The quantitative estimate of drug-likeness (QED) is 0.141. The molecule has 0 fully saturated rings. The number of allylic oxidation sites excluding steroid dienone is 10. The minimum atomic E-state index is 0.300. The molecule has 8 aromatic rings. The fourth-order valence-corrected chi connectivity index (χ4v) is 10.8. The fraction of sp³-hybridized carbons (Fsp3) is 0.200. The summed E-state index contributed by atoms with van der Waals surface area (Å²) in [6.07, 6.45) is 19.8. The molecule has 378 valence electrons. The molecule has 5 heteroatoms. The van der Waals surface area contributed by atoms with E-state index in [0.717, 1.165) is 58.2 Å². The highest BCUT2D eigenvalue weighted by Crippen LogP contribution is 2.55. The lowest BCUT2D eigenvalue weighted by Gasteiger charge is -2.49. The Morgan fingerprint density at radius 2 is 1.36 bits per heavy atom. The fourth-order valence-electron chi connectivity index (χ4n) is 10.8. The Kier molecular flexibility index (Phi) is 16.4. The number of para-hydroxylation sites is 1. The summed E-state index contributed by atoms with van der Waals surface area (Å²) in [5.74, 6) is 0.539. The number of likely N-dealkylation sites (N-methyl/N-ethyl adjacent to an activating group) is 1. The Hall–Kier alpha value is -7.80. The summed E-state index contributed by atoms with van der Waals surface area (Å²) >= 11 is 0. The van der Waals surface area contributed by atoms with Crippen LogP contribution in [0.15, 0.2) is 252 Å². The molecular weight excluding hydrogens is 913 g/mol. The van der Waals surface area contributed by atoms with E-state index in [1.165, 1.54) is 77.8 Å². The van der Waals surface area contributed by atoms with Gasteiger partial charge in [-0.15, -0.1) is 0 Å². The molecule has 3 atom stereocenters. The topological polar surface area (TPSA) is 68.4 Å². The van der Waals surface area contributed by atoms with Crippen LogP contribution >= 0.6 is 0 Å². The number of hydrogen-bond acceptors (Lipinski definition) is 4. The van der Waals surface area contributed by atoms with Gasteiger partial charge in [0, 0.05) is 58.2 Å². The molecule has 5 nitrogen and oxygen atoms in total. The number of nitrogens with two attached hydrogens (primary N) is 2. The largest absolute Gasteiger partial charge is 0.456 e. The first-order chi connectivity index (χ1) is 36.6. The zero-order valence-electron chi connectivity index (χ0n) is 44.7. The van der Waals surface area contributed by atoms with Gasteiger partial charge in [-0.2, -0.15) is 0 Å². The van der Waals surface area contributed by atoms with Crippen molar-refractivity contribution in [2.45, 2.75) is 78.3 Å². The number of aryl methyl sites for hydroxylation is 1. The molecule has 1 aromatic heterocycles. The second-order valence-corrected chi connectivity index (χ2v) is 20.2. The van der Waals surface area contributed by atoms with E-state index in [0.29, 0.717) is 24.5 Å². The van der Waals surface area contributed by atoms with Crippen LogP contribution in [0.25, 0.3) is 44.2 Å². The van der Waals surface area contributed by atoms with Crippen molar-refractivity contribution in [2.24, 2.45) is 11.5 Å². The first kappa shape index (κ1) is 52.1. The van der Waals surface area contributed by atoms with E-state index in [-0.39, 0.29) is 0 Å². The molecule has 7 aromatic carbocycles. The van der Waals surface area contributed by atoms with Crippen LogP contribution in [0, 0.1) is 0 Å². The highest BCUT2D eigenvalue weighted by atomic mass is 16.3. The van der Waals surface area contributed by atoms with Gasteiger partial charge in [-0.25, -0.2) is 0 Å². The monoisotopic (exact) mass is 986 g/mol. The average Bonchev–Trinajstić information content (AvgIpc) is 3.85. The van der Waals surface area contributed by atoms with Crippen LogP contribution in [0.3, 0.4) is 0 Å². The number of quaternary nitrogens is 1. The van der Waals surface area contributed by atoms with Crippen LogP contribution in [0.2, 0.25) is 0 Å². The molecule has 0 amide bonds. The molecule has 12 rings (SSSR count).